The van der Waals surface area contributed by atoms with Crippen molar-refractivity contribution < 1.29 is 24.9 Å². The van der Waals surface area contributed by atoms with Gasteiger partial charge in [0.05, 0.1) is 47.4 Å². The topological polar surface area (TPSA) is 142 Å². The van der Waals surface area contributed by atoms with E-state index in [-0.39, 0.29) is 36.8 Å². The molecule has 0 amide bonds. The van der Waals surface area contributed by atoms with Gasteiger partial charge >= 0.3 is 5.97 Å². The first-order valence-corrected chi connectivity index (χ1v) is 10.9. The Bertz CT molecular complexity index is 997. The summed E-state index contributed by atoms with van der Waals surface area (Å²) in [6, 6.07) is 2.97. The Morgan fingerprint density at radius 3 is 2.71 bits per heavy atom. The highest BCUT2D eigenvalue weighted by Gasteiger charge is 2.25. The van der Waals surface area contributed by atoms with Crippen LogP contribution in [0.15, 0.2) is 27.7 Å². The maximum Gasteiger partial charge on any atom is 0.305 e. The molecule has 2 aromatic rings. The van der Waals surface area contributed by atoms with E-state index in [1.54, 1.807) is 12.1 Å². The van der Waals surface area contributed by atoms with E-state index < -0.39 is 18.2 Å². The lowest BCUT2D eigenvalue weighted by atomic mass is 9.97. The molecule has 9 nitrogen and oxygen atoms in total. The Labute approximate surface area is 192 Å². The molecule has 1 saturated heterocycles. The first-order chi connectivity index (χ1) is 14.6. The molecule has 1 aromatic heterocycles. The lowest BCUT2D eigenvalue weighted by Gasteiger charge is -2.28. The summed E-state index contributed by atoms with van der Waals surface area (Å²) < 4.78 is 1.94. The van der Waals surface area contributed by atoms with Crippen LogP contribution in [0.1, 0.15) is 32.6 Å². The van der Waals surface area contributed by atoms with Gasteiger partial charge in [-0.05, 0) is 54.4 Å². The van der Waals surface area contributed by atoms with Gasteiger partial charge < -0.3 is 20.6 Å². The number of aliphatic hydroxyl groups is 2. The number of ketones is 1. The molecule has 2 heterocycles. The van der Waals surface area contributed by atoms with Crippen molar-refractivity contribution >= 4 is 50.2 Å². The van der Waals surface area contributed by atoms with Crippen LogP contribution in [-0.4, -0.2) is 61.4 Å². The number of hydrogen-bond donors (Lipinski definition) is 4. The fourth-order valence-corrected chi connectivity index (χ4v) is 3.66. The molecule has 31 heavy (non-hydrogen) atoms. The van der Waals surface area contributed by atoms with Crippen molar-refractivity contribution in [3.63, 3.8) is 0 Å². The third-order valence-electron chi connectivity index (χ3n) is 4.68. The molecule has 1 unspecified atom stereocenters. The molecular weight excluding hydrogens is 494 g/mol. The molecule has 0 spiro atoms. The van der Waals surface area contributed by atoms with Crippen molar-refractivity contribution in [3.8, 4) is 0 Å². The number of carboxylic acids is 1. The molecule has 1 fully saturated rings. The molecule has 0 bridgehead atoms. The Morgan fingerprint density at radius 1 is 1.42 bits per heavy atom. The Kier molecular flexibility index (Phi) is 9.57. The zero-order valence-corrected chi connectivity index (χ0v) is 19.3. The normalized spacial score (nSPS) is 19.4. The monoisotopic (exact) mass is 517 g/mol. The molecule has 11 heteroatoms. The van der Waals surface area contributed by atoms with Gasteiger partial charge in [-0.1, -0.05) is 11.6 Å². The lowest BCUT2D eigenvalue weighted by Crippen LogP contribution is -2.46. The van der Waals surface area contributed by atoms with Gasteiger partial charge in [-0.25, -0.2) is 4.98 Å². The number of halogens is 2. The fourth-order valence-electron chi connectivity index (χ4n) is 3.16. The van der Waals surface area contributed by atoms with Crippen molar-refractivity contribution in [1.29, 1.82) is 0 Å². The van der Waals surface area contributed by atoms with Crippen molar-refractivity contribution in [2.75, 3.05) is 6.54 Å². The van der Waals surface area contributed by atoms with Gasteiger partial charge in [-0.2, -0.15) is 0 Å². The minimum atomic E-state index is -0.963. The molecule has 0 saturated carbocycles. The van der Waals surface area contributed by atoms with Gasteiger partial charge in [0.15, 0.2) is 5.78 Å². The summed E-state index contributed by atoms with van der Waals surface area (Å²) in [7, 11) is 0. The minimum absolute atomic E-state index is 0.0691. The lowest BCUT2D eigenvalue weighted by molar-refractivity contribution is -0.138. The molecule has 3 rings (SSSR count). The summed E-state index contributed by atoms with van der Waals surface area (Å²) in [5, 5.41) is 30.1. The molecule has 0 radical (unpaired) electrons. The van der Waals surface area contributed by atoms with Crippen molar-refractivity contribution in [2.24, 2.45) is 0 Å². The zero-order valence-electron chi connectivity index (χ0n) is 16.9. The molecule has 1 aliphatic rings. The number of nitrogens with zero attached hydrogens (tertiary/aromatic N) is 2. The number of carboxylic acid groups (broad SMARTS) is 1. The maximum absolute atomic E-state index is 12.5. The van der Waals surface area contributed by atoms with E-state index in [1.807, 2.05) is 0 Å². The van der Waals surface area contributed by atoms with E-state index in [4.69, 9.17) is 21.8 Å². The van der Waals surface area contributed by atoms with Crippen LogP contribution in [0.4, 0.5) is 0 Å². The number of carbonyl (C=O) groups excluding carboxylic acids is 1. The first-order valence-electron chi connectivity index (χ1n) is 9.75. The second-order valence-electron chi connectivity index (χ2n) is 7.42. The molecule has 3 atom stereocenters. The van der Waals surface area contributed by atoms with Crippen LogP contribution in [0.3, 0.4) is 0 Å². The molecule has 1 aliphatic heterocycles. The molecule has 0 aliphatic carbocycles. The number of piperidine rings is 1. The minimum Gasteiger partial charge on any atom is -0.481 e. The van der Waals surface area contributed by atoms with Gasteiger partial charge in [0, 0.05) is 16.9 Å². The van der Waals surface area contributed by atoms with E-state index in [9.17, 15) is 19.5 Å². The SMILES string of the molecule is CC(O)CC(=O)O.O=C(C[C@H]1NCCC[C@@H]1O)Cn1cnc2cc(Br)c(Cl)cc2c1=O. The average Bonchev–Trinajstić information content (AvgIpc) is 2.67. The summed E-state index contributed by atoms with van der Waals surface area (Å²) in [4.78, 5) is 38.6. The number of nitrogens with one attached hydrogen (secondary N) is 1. The molecule has 170 valence electrons. The number of carbonyl (C=O) groups is 2. The van der Waals surface area contributed by atoms with Crippen molar-refractivity contribution in [3.05, 3.63) is 38.3 Å². The van der Waals surface area contributed by atoms with Crippen LogP contribution in [-0.2, 0) is 16.1 Å². The summed E-state index contributed by atoms with van der Waals surface area (Å²) in [6.45, 7) is 2.16. The Hall–Kier alpha value is -1.85. The van der Waals surface area contributed by atoms with E-state index in [0.717, 1.165) is 13.0 Å². The van der Waals surface area contributed by atoms with Crippen LogP contribution < -0.4 is 10.9 Å². The second-order valence-corrected chi connectivity index (χ2v) is 8.68. The quantitative estimate of drug-likeness (QED) is 0.453. The number of hydrogen-bond acceptors (Lipinski definition) is 7. The standard InChI is InChI=1S/C16H17BrClN3O3.C4H8O3/c17-11-6-13-10(5-12(11)18)16(24)21(8-20-13)7-9(22)4-14-15(23)2-1-3-19-14;1-3(5)2-4(6)7/h5-6,8,14-15,19,23H,1-4,7H2;3,5H,2H2,1H3,(H,6,7)/t14-,15+;/m1./s1. The number of aliphatic hydroxyl groups excluding tert-OH is 2. The van der Waals surface area contributed by atoms with Crippen LogP contribution in [0.25, 0.3) is 10.9 Å². The third-order valence-corrected chi connectivity index (χ3v) is 5.88. The van der Waals surface area contributed by atoms with Gasteiger partial charge in [0.25, 0.3) is 5.56 Å². The predicted octanol–water partition coefficient (Wildman–Crippen LogP) is 1.73. The molecule has 1 aromatic carbocycles. The summed E-state index contributed by atoms with van der Waals surface area (Å²) in [6.07, 6.45) is 1.73. The number of aliphatic carboxylic acids is 1. The van der Waals surface area contributed by atoms with Gasteiger partial charge in [-0.15, -0.1) is 0 Å². The van der Waals surface area contributed by atoms with Crippen LogP contribution >= 0.6 is 27.5 Å². The Balaban J connectivity index is 0.000000423. The van der Waals surface area contributed by atoms with Gasteiger partial charge in [0.1, 0.15) is 0 Å². The molecule has 4 N–H and O–H groups in total. The third kappa shape index (κ3) is 7.65. The van der Waals surface area contributed by atoms with E-state index in [1.165, 1.54) is 17.8 Å². The van der Waals surface area contributed by atoms with Crippen molar-refractivity contribution in [2.45, 2.75) is 57.4 Å². The number of Topliss-reactive ketones (excluding diaryl/α,β-unsaturated/α-hetero) is 1. The Morgan fingerprint density at radius 2 is 2.13 bits per heavy atom. The fraction of sp³-hybridized carbons (Fsp3) is 0.500. The zero-order chi connectivity index (χ0) is 23.1. The molecular formula is C20H25BrClN3O6. The maximum atomic E-state index is 12.5. The van der Waals surface area contributed by atoms with Gasteiger partial charge in [0.2, 0.25) is 0 Å². The number of fused-ring (bicyclic) bond motifs is 1. The summed E-state index contributed by atoms with van der Waals surface area (Å²) in [5.74, 6) is -1.09. The number of benzene rings is 1. The summed E-state index contributed by atoms with van der Waals surface area (Å²) in [5.41, 5.74) is 0.212. The number of aromatic nitrogens is 2. The second kappa shape index (κ2) is 11.7. The smallest absolute Gasteiger partial charge is 0.305 e. The predicted molar refractivity (Wildman–Crippen MR) is 119 cm³/mol. The van der Waals surface area contributed by atoms with Crippen LogP contribution in [0, 0.1) is 0 Å². The highest BCUT2D eigenvalue weighted by Crippen LogP contribution is 2.25. The average molecular weight is 519 g/mol. The van der Waals surface area contributed by atoms with Crippen LogP contribution in [0.2, 0.25) is 5.02 Å². The largest absolute Gasteiger partial charge is 0.481 e. The first kappa shape index (κ1) is 25.4. The number of rotatable bonds is 6. The highest BCUT2D eigenvalue weighted by atomic mass is 79.9. The highest BCUT2D eigenvalue weighted by molar-refractivity contribution is 9.10. The van der Waals surface area contributed by atoms with E-state index >= 15 is 0 Å². The van der Waals surface area contributed by atoms with Crippen LogP contribution in [0.5, 0.6) is 0 Å². The summed E-state index contributed by atoms with van der Waals surface area (Å²) >= 11 is 9.33. The van der Waals surface area contributed by atoms with Crippen molar-refractivity contribution in [1.82, 2.24) is 14.9 Å². The van der Waals surface area contributed by atoms with Gasteiger partial charge in [-0.3, -0.25) is 19.0 Å². The van der Waals surface area contributed by atoms with E-state index in [0.29, 0.717) is 26.8 Å². The van der Waals surface area contributed by atoms with E-state index in [2.05, 4.69) is 26.2 Å².